The number of hydrogen-bond donors (Lipinski definition) is 0. The molecule has 1 atom stereocenters. The first-order valence-corrected chi connectivity index (χ1v) is 8.70. The van der Waals surface area contributed by atoms with Crippen LogP contribution in [0.15, 0.2) is 59.8 Å². The molecule has 0 saturated carbocycles. The van der Waals surface area contributed by atoms with E-state index in [2.05, 4.69) is 10.2 Å². The Morgan fingerprint density at radius 3 is 2.52 bits per heavy atom. The lowest BCUT2D eigenvalue weighted by Gasteiger charge is -2.11. The molecule has 126 valence electrons. The van der Waals surface area contributed by atoms with Crippen LogP contribution in [0.2, 0.25) is 0 Å². The van der Waals surface area contributed by atoms with Crippen molar-refractivity contribution in [3.8, 4) is 17.1 Å². The molecule has 3 aromatic rings. The van der Waals surface area contributed by atoms with E-state index in [1.54, 1.807) is 12.1 Å². The number of para-hydroxylation sites is 1. The summed E-state index contributed by atoms with van der Waals surface area (Å²) in [6, 6.07) is 15.7. The van der Waals surface area contributed by atoms with Gasteiger partial charge in [-0.3, -0.25) is 9.36 Å². The maximum absolute atomic E-state index is 13.2. The standard InChI is InChI=1S/C18H14FN3O2S/c19-13-8-6-12(7-9-13)16-20-21-18(25-15-10-11-24-17(15)23)22(16)14-4-2-1-3-5-14/h1-9,15H,10-11H2. The summed E-state index contributed by atoms with van der Waals surface area (Å²) >= 11 is 1.34. The summed E-state index contributed by atoms with van der Waals surface area (Å²) in [5.41, 5.74) is 1.62. The Labute approximate surface area is 147 Å². The van der Waals surface area contributed by atoms with Crippen molar-refractivity contribution in [2.24, 2.45) is 0 Å². The second kappa shape index (κ2) is 6.68. The highest BCUT2D eigenvalue weighted by Gasteiger charge is 2.30. The summed E-state index contributed by atoms with van der Waals surface area (Å²) in [6.45, 7) is 0.431. The highest BCUT2D eigenvalue weighted by atomic mass is 32.2. The van der Waals surface area contributed by atoms with E-state index in [1.165, 1.54) is 23.9 Å². The first kappa shape index (κ1) is 15.8. The molecule has 5 nitrogen and oxygen atoms in total. The van der Waals surface area contributed by atoms with Crippen molar-refractivity contribution >= 4 is 17.7 Å². The normalized spacial score (nSPS) is 16.8. The van der Waals surface area contributed by atoms with Crippen LogP contribution in [0.5, 0.6) is 0 Å². The van der Waals surface area contributed by atoms with E-state index >= 15 is 0 Å². The third-order valence-corrected chi connectivity index (χ3v) is 5.07. The number of thioether (sulfide) groups is 1. The van der Waals surface area contributed by atoms with Crippen molar-refractivity contribution in [1.29, 1.82) is 0 Å². The summed E-state index contributed by atoms with van der Waals surface area (Å²) in [4.78, 5) is 11.8. The predicted octanol–water partition coefficient (Wildman–Crippen LogP) is 3.48. The second-order valence-electron chi connectivity index (χ2n) is 5.55. The van der Waals surface area contributed by atoms with Gasteiger partial charge in [0.15, 0.2) is 11.0 Å². The van der Waals surface area contributed by atoms with Crippen LogP contribution in [-0.4, -0.2) is 32.6 Å². The fourth-order valence-corrected chi connectivity index (χ4v) is 3.67. The third-order valence-electron chi connectivity index (χ3n) is 3.89. The number of halogens is 1. The minimum absolute atomic E-state index is 0.226. The van der Waals surface area contributed by atoms with Gasteiger partial charge >= 0.3 is 5.97 Å². The number of benzene rings is 2. The molecule has 7 heteroatoms. The number of hydrogen-bond acceptors (Lipinski definition) is 5. The second-order valence-corrected chi connectivity index (χ2v) is 6.72. The van der Waals surface area contributed by atoms with Crippen molar-refractivity contribution in [3.05, 3.63) is 60.4 Å². The first-order chi connectivity index (χ1) is 12.2. The number of esters is 1. The molecular formula is C18H14FN3O2S. The van der Waals surface area contributed by atoms with Crippen molar-refractivity contribution in [2.75, 3.05) is 6.61 Å². The van der Waals surface area contributed by atoms with Gasteiger partial charge in [0.25, 0.3) is 0 Å². The van der Waals surface area contributed by atoms with E-state index in [0.29, 0.717) is 24.0 Å². The Kier molecular flexibility index (Phi) is 4.23. The quantitative estimate of drug-likeness (QED) is 0.671. The van der Waals surface area contributed by atoms with Crippen LogP contribution in [0, 0.1) is 5.82 Å². The molecule has 0 bridgehead atoms. The number of carbonyl (C=O) groups excluding carboxylic acids is 1. The Morgan fingerprint density at radius 1 is 1.08 bits per heavy atom. The topological polar surface area (TPSA) is 57.0 Å². The maximum atomic E-state index is 13.2. The average Bonchev–Trinajstić information content (AvgIpc) is 3.23. The van der Waals surface area contributed by atoms with Gasteiger partial charge in [-0.1, -0.05) is 30.0 Å². The largest absolute Gasteiger partial charge is 0.465 e. The Hall–Kier alpha value is -2.67. The number of carbonyl (C=O) groups is 1. The van der Waals surface area contributed by atoms with Crippen LogP contribution in [-0.2, 0) is 9.53 Å². The van der Waals surface area contributed by atoms with E-state index in [1.807, 2.05) is 34.9 Å². The SMILES string of the molecule is O=C1OCCC1Sc1nnc(-c2ccc(F)cc2)n1-c1ccccc1. The van der Waals surface area contributed by atoms with Crippen LogP contribution in [0.3, 0.4) is 0 Å². The molecule has 0 radical (unpaired) electrons. The van der Waals surface area contributed by atoms with E-state index < -0.39 is 0 Å². The zero-order chi connectivity index (χ0) is 17.2. The van der Waals surface area contributed by atoms with E-state index in [-0.39, 0.29) is 17.0 Å². The molecule has 4 rings (SSSR count). The van der Waals surface area contributed by atoms with Crippen LogP contribution in [0.4, 0.5) is 4.39 Å². The van der Waals surface area contributed by atoms with Gasteiger partial charge in [-0.2, -0.15) is 0 Å². The highest BCUT2D eigenvalue weighted by Crippen LogP contribution is 2.33. The zero-order valence-corrected chi connectivity index (χ0v) is 13.9. The molecule has 2 heterocycles. The van der Waals surface area contributed by atoms with Gasteiger partial charge in [-0.05, 0) is 36.4 Å². The Balaban J connectivity index is 1.79. The molecule has 0 N–H and O–H groups in total. The van der Waals surface area contributed by atoms with E-state index in [9.17, 15) is 9.18 Å². The number of rotatable bonds is 4. The number of ether oxygens (including phenoxy) is 1. The minimum atomic E-state index is -0.308. The number of aromatic nitrogens is 3. The van der Waals surface area contributed by atoms with Gasteiger partial charge in [0.05, 0.1) is 6.61 Å². The molecule has 2 aromatic carbocycles. The lowest BCUT2D eigenvalue weighted by atomic mass is 10.2. The minimum Gasteiger partial charge on any atom is -0.465 e. The van der Waals surface area contributed by atoms with E-state index in [4.69, 9.17) is 4.74 Å². The molecule has 25 heavy (non-hydrogen) atoms. The molecule has 1 aliphatic rings. The summed E-state index contributed by atoms with van der Waals surface area (Å²) in [5, 5.41) is 8.86. The van der Waals surface area contributed by atoms with Gasteiger partial charge in [0.1, 0.15) is 11.1 Å². The van der Waals surface area contributed by atoms with Gasteiger partial charge < -0.3 is 4.74 Å². The smallest absolute Gasteiger partial charge is 0.319 e. The molecule has 1 unspecified atom stereocenters. The zero-order valence-electron chi connectivity index (χ0n) is 13.1. The van der Waals surface area contributed by atoms with Crippen molar-refractivity contribution in [1.82, 2.24) is 14.8 Å². The summed E-state index contributed by atoms with van der Waals surface area (Å²) in [5.74, 6) is 0.0637. The first-order valence-electron chi connectivity index (χ1n) is 7.82. The van der Waals surface area contributed by atoms with Crippen molar-refractivity contribution in [2.45, 2.75) is 16.8 Å². The van der Waals surface area contributed by atoms with Crippen LogP contribution >= 0.6 is 11.8 Å². The third kappa shape index (κ3) is 3.15. The maximum Gasteiger partial charge on any atom is 0.319 e. The molecule has 1 aromatic heterocycles. The fraction of sp³-hybridized carbons (Fsp3) is 0.167. The number of nitrogens with zero attached hydrogens (tertiary/aromatic N) is 3. The summed E-state index contributed by atoms with van der Waals surface area (Å²) in [6.07, 6.45) is 0.650. The Bertz CT molecular complexity index is 896. The highest BCUT2D eigenvalue weighted by molar-refractivity contribution is 8.00. The van der Waals surface area contributed by atoms with E-state index in [0.717, 1.165) is 11.3 Å². The van der Waals surface area contributed by atoms with Crippen molar-refractivity contribution in [3.63, 3.8) is 0 Å². The Morgan fingerprint density at radius 2 is 1.84 bits per heavy atom. The monoisotopic (exact) mass is 355 g/mol. The van der Waals surface area contributed by atoms with Crippen LogP contribution in [0.1, 0.15) is 6.42 Å². The lowest BCUT2D eigenvalue weighted by molar-refractivity contribution is -0.137. The van der Waals surface area contributed by atoms with Crippen molar-refractivity contribution < 1.29 is 13.9 Å². The summed E-state index contributed by atoms with van der Waals surface area (Å²) in [7, 11) is 0. The van der Waals surface area contributed by atoms with Gasteiger partial charge in [0, 0.05) is 17.7 Å². The molecular weight excluding hydrogens is 341 g/mol. The fourth-order valence-electron chi connectivity index (χ4n) is 2.65. The predicted molar refractivity (Wildman–Crippen MR) is 92.0 cm³/mol. The van der Waals surface area contributed by atoms with Gasteiger partial charge in [0.2, 0.25) is 0 Å². The van der Waals surface area contributed by atoms with Gasteiger partial charge in [-0.15, -0.1) is 10.2 Å². The van der Waals surface area contributed by atoms with Crippen LogP contribution < -0.4 is 0 Å². The summed E-state index contributed by atoms with van der Waals surface area (Å²) < 4.78 is 20.2. The van der Waals surface area contributed by atoms with Crippen LogP contribution in [0.25, 0.3) is 17.1 Å². The molecule has 1 aliphatic heterocycles. The molecule has 0 amide bonds. The lowest BCUT2D eigenvalue weighted by Crippen LogP contribution is -2.11. The molecule has 1 fully saturated rings. The molecule has 0 aliphatic carbocycles. The average molecular weight is 355 g/mol. The molecule has 0 spiro atoms. The van der Waals surface area contributed by atoms with Gasteiger partial charge in [-0.25, -0.2) is 4.39 Å². The number of cyclic esters (lactones) is 1. The molecule has 1 saturated heterocycles.